The number of nitrogens with one attached hydrogen (secondary N) is 1. The van der Waals surface area contributed by atoms with Crippen LogP contribution in [0.4, 0.5) is 17.3 Å². The van der Waals surface area contributed by atoms with Gasteiger partial charge < -0.3 is 19.7 Å². The smallest absolute Gasteiger partial charge is 0.227 e. The number of nitrogens with zero attached hydrogens (tertiary/aromatic N) is 4. The second-order valence-corrected chi connectivity index (χ2v) is 10.3. The quantitative estimate of drug-likeness (QED) is 0.496. The predicted molar refractivity (Wildman–Crippen MR) is 148 cm³/mol. The maximum Gasteiger partial charge on any atom is 0.227 e. The van der Waals surface area contributed by atoms with Gasteiger partial charge >= 0.3 is 0 Å². The van der Waals surface area contributed by atoms with Gasteiger partial charge in [0.25, 0.3) is 0 Å². The second-order valence-electron chi connectivity index (χ2n) is 10.3. The number of anilines is 3. The summed E-state index contributed by atoms with van der Waals surface area (Å²) in [4.78, 5) is 27.3. The second kappa shape index (κ2) is 11.5. The molecular formula is C30H35N5O3. The number of fused-ring (bicyclic) bond motifs is 8. The van der Waals surface area contributed by atoms with Crippen molar-refractivity contribution < 1.29 is 14.3 Å². The topological polar surface area (TPSA) is 79.8 Å². The van der Waals surface area contributed by atoms with Crippen LogP contribution in [0.1, 0.15) is 37.7 Å². The molecule has 3 aliphatic heterocycles. The maximum atomic E-state index is 13.3. The molecule has 3 aromatic rings. The molecule has 2 aromatic carbocycles. The van der Waals surface area contributed by atoms with Gasteiger partial charge in [0.2, 0.25) is 5.95 Å². The molecule has 2 saturated heterocycles. The summed E-state index contributed by atoms with van der Waals surface area (Å²) in [6.45, 7) is 5.49. The molecular weight excluding hydrogens is 478 g/mol. The van der Waals surface area contributed by atoms with Gasteiger partial charge in [-0.15, -0.1) is 0 Å². The van der Waals surface area contributed by atoms with Crippen molar-refractivity contribution in [2.75, 3.05) is 49.7 Å². The molecule has 0 saturated carbocycles. The van der Waals surface area contributed by atoms with E-state index in [0.717, 1.165) is 87.8 Å². The Hall–Kier alpha value is -3.49. The van der Waals surface area contributed by atoms with Crippen molar-refractivity contribution in [3.63, 3.8) is 0 Å². The third-order valence-corrected chi connectivity index (χ3v) is 7.67. The van der Waals surface area contributed by atoms with E-state index < -0.39 is 0 Å². The van der Waals surface area contributed by atoms with E-state index in [1.165, 1.54) is 11.3 Å². The molecule has 0 amide bonds. The third kappa shape index (κ3) is 5.66. The predicted octanol–water partition coefficient (Wildman–Crippen LogP) is 4.82. The number of carbonyl (C=O) groups is 1. The normalized spacial score (nSPS) is 20.9. The standard InChI is InChI=1S/C30H35N5O3/c36-29-8-1-2-16-38-25-6-3-5-22(20-25)26-11-12-31-30(33-26)32-24-9-10-27(34-14-17-37-18-15-34)23(19-24)21-35-13-4-7-28(29)35/h3,5-6,9-12,19-20,28H,1-2,4,7-8,13-18,21H2,(H,31,32,33)/t28-/m1/s1. The summed E-state index contributed by atoms with van der Waals surface area (Å²) in [7, 11) is 0. The molecule has 4 heterocycles. The minimum atomic E-state index is -0.0103. The Labute approximate surface area is 224 Å². The first-order chi connectivity index (χ1) is 18.7. The summed E-state index contributed by atoms with van der Waals surface area (Å²) in [6, 6.07) is 16.4. The molecule has 6 bridgehead atoms. The van der Waals surface area contributed by atoms with Crippen molar-refractivity contribution in [1.29, 1.82) is 0 Å². The van der Waals surface area contributed by atoms with Crippen LogP contribution < -0.4 is 15.0 Å². The first-order valence-electron chi connectivity index (χ1n) is 13.8. The third-order valence-electron chi connectivity index (χ3n) is 7.67. The van der Waals surface area contributed by atoms with Gasteiger partial charge in [-0.3, -0.25) is 9.69 Å². The van der Waals surface area contributed by atoms with Crippen LogP contribution in [0.25, 0.3) is 11.3 Å². The summed E-state index contributed by atoms with van der Waals surface area (Å²) in [5.41, 5.74) is 5.18. The summed E-state index contributed by atoms with van der Waals surface area (Å²) in [5, 5.41) is 3.42. The lowest BCUT2D eigenvalue weighted by Gasteiger charge is -2.32. The van der Waals surface area contributed by atoms with Gasteiger partial charge in [-0.25, -0.2) is 9.97 Å². The van der Waals surface area contributed by atoms with Gasteiger partial charge in [-0.1, -0.05) is 12.1 Å². The van der Waals surface area contributed by atoms with Crippen LogP contribution in [0, 0.1) is 0 Å². The zero-order valence-corrected chi connectivity index (χ0v) is 21.8. The number of carbonyl (C=O) groups excluding carboxylic acids is 1. The van der Waals surface area contributed by atoms with Crippen LogP contribution in [-0.4, -0.2) is 66.1 Å². The number of hydrogen-bond acceptors (Lipinski definition) is 8. The highest BCUT2D eigenvalue weighted by molar-refractivity contribution is 5.84. The van der Waals surface area contributed by atoms with Crippen molar-refractivity contribution in [1.82, 2.24) is 14.9 Å². The monoisotopic (exact) mass is 513 g/mol. The van der Waals surface area contributed by atoms with Crippen molar-refractivity contribution >= 4 is 23.1 Å². The molecule has 0 spiro atoms. The van der Waals surface area contributed by atoms with E-state index in [-0.39, 0.29) is 6.04 Å². The lowest BCUT2D eigenvalue weighted by atomic mass is 10.0. The molecule has 8 heteroatoms. The molecule has 198 valence electrons. The summed E-state index contributed by atoms with van der Waals surface area (Å²) in [6.07, 6.45) is 6.08. The van der Waals surface area contributed by atoms with Crippen LogP contribution >= 0.6 is 0 Å². The fraction of sp³-hybridized carbons (Fsp3) is 0.433. The molecule has 8 nitrogen and oxygen atoms in total. The van der Waals surface area contributed by atoms with E-state index in [1.54, 1.807) is 6.20 Å². The number of ether oxygens (including phenoxy) is 2. The zero-order chi connectivity index (χ0) is 25.7. The minimum Gasteiger partial charge on any atom is -0.494 e. The van der Waals surface area contributed by atoms with Crippen LogP contribution in [0.15, 0.2) is 54.7 Å². The van der Waals surface area contributed by atoms with Crippen LogP contribution in [0.3, 0.4) is 0 Å². The highest BCUT2D eigenvalue weighted by atomic mass is 16.5. The Morgan fingerprint density at radius 1 is 0.947 bits per heavy atom. The highest BCUT2D eigenvalue weighted by Crippen LogP contribution is 2.31. The Kier molecular flexibility index (Phi) is 7.51. The molecule has 2 fully saturated rings. The molecule has 3 aliphatic rings. The number of Topliss-reactive ketones (excluding diaryl/α,β-unsaturated/α-hetero) is 1. The lowest BCUT2D eigenvalue weighted by Crippen LogP contribution is -2.38. The van der Waals surface area contributed by atoms with Crippen LogP contribution in [0.5, 0.6) is 5.75 Å². The summed E-state index contributed by atoms with van der Waals surface area (Å²) in [5.74, 6) is 1.71. The Morgan fingerprint density at radius 2 is 1.87 bits per heavy atom. The number of morpholine rings is 1. The van der Waals surface area contributed by atoms with E-state index in [9.17, 15) is 4.79 Å². The van der Waals surface area contributed by atoms with E-state index in [1.807, 2.05) is 30.3 Å². The van der Waals surface area contributed by atoms with Gasteiger partial charge in [-0.05, 0) is 74.2 Å². The van der Waals surface area contributed by atoms with Crippen molar-refractivity contribution in [3.05, 3.63) is 60.3 Å². The number of benzene rings is 2. The average Bonchev–Trinajstić information content (AvgIpc) is 3.41. The number of aromatic nitrogens is 2. The van der Waals surface area contributed by atoms with E-state index in [4.69, 9.17) is 14.5 Å². The fourth-order valence-electron chi connectivity index (χ4n) is 5.71. The molecule has 1 N–H and O–H groups in total. The largest absolute Gasteiger partial charge is 0.494 e. The van der Waals surface area contributed by atoms with Gasteiger partial charge in [0.05, 0.1) is 31.6 Å². The Bertz CT molecular complexity index is 1280. The van der Waals surface area contributed by atoms with E-state index >= 15 is 0 Å². The van der Waals surface area contributed by atoms with Gasteiger partial charge in [0.1, 0.15) is 11.5 Å². The number of hydrogen-bond donors (Lipinski definition) is 1. The first-order valence-corrected chi connectivity index (χ1v) is 13.8. The molecule has 1 atom stereocenters. The van der Waals surface area contributed by atoms with Crippen molar-refractivity contribution in [2.45, 2.75) is 44.7 Å². The van der Waals surface area contributed by atoms with Crippen LogP contribution in [-0.2, 0) is 16.1 Å². The van der Waals surface area contributed by atoms with Gasteiger partial charge in [0.15, 0.2) is 0 Å². The first kappa shape index (κ1) is 24.8. The zero-order valence-electron chi connectivity index (χ0n) is 21.8. The number of rotatable bonds is 1. The average molecular weight is 514 g/mol. The fourth-order valence-corrected chi connectivity index (χ4v) is 5.71. The molecule has 0 aliphatic carbocycles. The molecule has 38 heavy (non-hydrogen) atoms. The van der Waals surface area contributed by atoms with Gasteiger partial charge in [-0.2, -0.15) is 0 Å². The van der Waals surface area contributed by atoms with Crippen LogP contribution in [0.2, 0.25) is 0 Å². The van der Waals surface area contributed by atoms with Crippen molar-refractivity contribution in [3.8, 4) is 17.0 Å². The summed E-state index contributed by atoms with van der Waals surface area (Å²) >= 11 is 0. The van der Waals surface area contributed by atoms with E-state index in [2.05, 4.69) is 38.3 Å². The maximum absolute atomic E-state index is 13.3. The van der Waals surface area contributed by atoms with E-state index in [0.29, 0.717) is 24.8 Å². The Morgan fingerprint density at radius 3 is 2.79 bits per heavy atom. The van der Waals surface area contributed by atoms with Gasteiger partial charge in [0, 0.05) is 49.2 Å². The SMILES string of the molecule is O=C1CCCCOc2cccc(c2)-c2ccnc(n2)Nc2ccc(N3CCOCC3)c(c2)CN2CCC[C@H]12. The Balaban J connectivity index is 1.35. The lowest BCUT2D eigenvalue weighted by molar-refractivity contribution is -0.123. The number of ketones is 1. The molecule has 6 rings (SSSR count). The molecule has 1 aromatic heterocycles. The molecule has 0 unspecified atom stereocenters. The highest BCUT2D eigenvalue weighted by Gasteiger charge is 2.31. The summed E-state index contributed by atoms with van der Waals surface area (Å²) < 4.78 is 11.6. The molecule has 0 radical (unpaired) electrons. The van der Waals surface area contributed by atoms with Crippen molar-refractivity contribution in [2.24, 2.45) is 0 Å². The minimum absolute atomic E-state index is 0.0103.